The Bertz CT molecular complexity index is 1260. The number of ether oxygens (including phenoxy) is 1. The van der Waals surface area contributed by atoms with Crippen LogP contribution >= 0.6 is 35.0 Å². The van der Waals surface area contributed by atoms with Crippen LogP contribution in [0.25, 0.3) is 6.08 Å². The average Bonchev–Trinajstić information content (AvgIpc) is 3.17. The Morgan fingerprint density at radius 2 is 1.71 bits per heavy atom. The average molecular weight is 530 g/mol. The van der Waals surface area contributed by atoms with Gasteiger partial charge >= 0.3 is 0 Å². The highest BCUT2D eigenvalue weighted by atomic mass is 35.5. The molecule has 1 aliphatic heterocycles. The van der Waals surface area contributed by atoms with E-state index in [9.17, 15) is 14.9 Å². The first-order valence-electron chi connectivity index (χ1n) is 10.7. The lowest BCUT2D eigenvalue weighted by atomic mass is 10.1. The van der Waals surface area contributed by atoms with Crippen molar-refractivity contribution in [2.45, 2.75) is 25.4 Å². The lowest BCUT2D eigenvalue weighted by Crippen LogP contribution is -2.30. The van der Waals surface area contributed by atoms with Gasteiger partial charge in [-0.1, -0.05) is 54.0 Å². The highest BCUT2D eigenvalue weighted by Crippen LogP contribution is 2.37. The number of aryl methyl sites for hydroxylation is 1. The van der Waals surface area contributed by atoms with E-state index < -0.39 is 4.92 Å². The summed E-state index contributed by atoms with van der Waals surface area (Å²) >= 11 is 14.2. The summed E-state index contributed by atoms with van der Waals surface area (Å²) in [6.45, 7) is 2.24. The number of carbonyl (C=O) groups is 1. The monoisotopic (exact) mass is 529 g/mol. The molecular formula is C25H21Cl2N3O4S. The molecule has 0 aromatic heterocycles. The molecule has 0 aliphatic carbocycles. The number of non-ortho nitro benzene ring substituents is 1. The molecule has 35 heavy (non-hydrogen) atoms. The fourth-order valence-electron chi connectivity index (χ4n) is 3.37. The summed E-state index contributed by atoms with van der Waals surface area (Å²) < 4.78 is 5.75. The Morgan fingerprint density at radius 3 is 2.31 bits per heavy atom. The molecule has 1 fully saturated rings. The van der Waals surface area contributed by atoms with Crippen molar-refractivity contribution in [3.8, 4) is 5.75 Å². The van der Waals surface area contributed by atoms with Crippen molar-refractivity contribution in [2.75, 3.05) is 5.32 Å². The van der Waals surface area contributed by atoms with Gasteiger partial charge in [-0.3, -0.25) is 14.9 Å². The van der Waals surface area contributed by atoms with Crippen molar-refractivity contribution >= 4 is 58.3 Å². The van der Waals surface area contributed by atoms with Gasteiger partial charge in [-0.15, -0.1) is 0 Å². The number of nitro groups is 1. The first-order valence-corrected chi connectivity index (χ1v) is 12.4. The maximum Gasteiger partial charge on any atom is 0.269 e. The van der Waals surface area contributed by atoms with Crippen LogP contribution < -0.4 is 15.4 Å². The van der Waals surface area contributed by atoms with Crippen molar-refractivity contribution in [3.05, 3.63) is 102 Å². The van der Waals surface area contributed by atoms with Crippen LogP contribution in [0.2, 0.25) is 10.0 Å². The third-order valence-corrected chi connectivity index (χ3v) is 6.83. The highest BCUT2D eigenvalue weighted by molar-refractivity contribution is 8.05. The number of rotatable bonds is 8. The summed E-state index contributed by atoms with van der Waals surface area (Å²) in [4.78, 5) is 23.3. The van der Waals surface area contributed by atoms with Crippen LogP contribution in [0.1, 0.15) is 23.6 Å². The molecule has 0 radical (unpaired) electrons. The minimum Gasteiger partial charge on any atom is -0.486 e. The lowest BCUT2D eigenvalue weighted by molar-refractivity contribution is -0.384. The van der Waals surface area contributed by atoms with Crippen LogP contribution in [0.5, 0.6) is 5.75 Å². The van der Waals surface area contributed by atoms with E-state index in [0.717, 1.165) is 17.7 Å². The minimum atomic E-state index is -0.462. The summed E-state index contributed by atoms with van der Waals surface area (Å²) in [5, 5.41) is 17.6. The second kappa shape index (κ2) is 11.0. The number of carbonyl (C=O) groups excluding carboxylic acids is 1. The van der Waals surface area contributed by atoms with E-state index in [-0.39, 0.29) is 23.7 Å². The second-order valence-corrected chi connectivity index (χ2v) is 9.66. The van der Waals surface area contributed by atoms with Gasteiger partial charge in [0.15, 0.2) is 11.2 Å². The van der Waals surface area contributed by atoms with Crippen LogP contribution in [-0.2, 0) is 17.8 Å². The number of hydrogen-bond donors (Lipinski definition) is 2. The van der Waals surface area contributed by atoms with Gasteiger partial charge in [0.05, 0.1) is 19.9 Å². The predicted molar refractivity (Wildman–Crippen MR) is 141 cm³/mol. The van der Waals surface area contributed by atoms with Crippen molar-refractivity contribution in [2.24, 2.45) is 0 Å². The van der Waals surface area contributed by atoms with Crippen molar-refractivity contribution in [1.82, 2.24) is 5.32 Å². The van der Waals surface area contributed by atoms with Crippen molar-refractivity contribution < 1.29 is 14.5 Å². The molecule has 0 unspecified atom stereocenters. The predicted octanol–water partition coefficient (Wildman–Crippen LogP) is 6.64. The van der Waals surface area contributed by atoms with Gasteiger partial charge in [0, 0.05) is 17.8 Å². The summed E-state index contributed by atoms with van der Waals surface area (Å²) in [5.74, 6) is 0.107. The number of benzene rings is 3. The van der Waals surface area contributed by atoms with Crippen LogP contribution in [0.4, 0.5) is 11.4 Å². The summed E-state index contributed by atoms with van der Waals surface area (Å²) in [6.07, 6.45) is 2.69. The Morgan fingerprint density at radius 1 is 1.09 bits per heavy atom. The molecule has 10 heteroatoms. The van der Waals surface area contributed by atoms with Crippen molar-refractivity contribution in [3.63, 3.8) is 0 Å². The Hall–Kier alpha value is -3.20. The van der Waals surface area contributed by atoms with Gasteiger partial charge in [-0.2, -0.15) is 0 Å². The maximum absolute atomic E-state index is 12.5. The normalized spacial score (nSPS) is 16.3. The zero-order valence-electron chi connectivity index (χ0n) is 18.6. The van der Waals surface area contributed by atoms with Gasteiger partial charge < -0.3 is 15.4 Å². The van der Waals surface area contributed by atoms with Crippen LogP contribution in [0.3, 0.4) is 0 Å². The van der Waals surface area contributed by atoms with Gasteiger partial charge in [0.1, 0.15) is 6.61 Å². The van der Waals surface area contributed by atoms with E-state index in [1.165, 1.54) is 29.5 Å². The Balaban J connectivity index is 1.42. The first-order chi connectivity index (χ1) is 16.8. The molecule has 4 rings (SSSR count). The largest absolute Gasteiger partial charge is 0.486 e. The molecule has 1 heterocycles. The molecule has 180 valence electrons. The van der Waals surface area contributed by atoms with Crippen LogP contribution in [0, 0.1) is 10.1 Å². The van der Waals surface area contributed by atoms with E-state index in [1.54, 1.807) is 30.3 Å². The third-order valence-electron chi connectivity index (χ3n) is 5.24. The van der Waals surface area contributed by atoms with Gasteiger partial charge in [-0.05, 0) is 65.6 Å². The molecule has 7 nitrogen and oxygen atoms in total. The van der Waals surface area contributed by atoms with E-state index >= 15 is 0 Å². The lowest BCUT2D eigenvalue weighted by Gasteiger charge is -2.13. The standard InChI is InChI=1S/C25H21Cl2N3O4S/c1-2-15-3-7-18(8-4-15)28-25-29-24(31)22(35-25)13-17-11-20(26)23(21(27)12-17)34-14-16-5-9-19(10-6-16)30(32)33/h3-13,25,28H,2,14H2,1H3,(H,29,31)/b22-13-/t25-/m0/s1. The van der Waals surface area contributed by atoms with E-state index in [0.29, 0.717) is 26.3 Å². The number of anilines is 1. The fourth-order valence-corrected chi connectivity index (χ4v) is 4.97. The molecule has 1 atom stereocenters. The van der Waals surface area contributed by atoms with Gasteiger partial charge in [0.2, 0.25) is 0 Å². The van der Waals surface area contributed by atoms with Gasteiger partial charge in [-0.25, -0.2) is 0 Å². The van der Waals surface area contributed by atoms with E-state index in [4.69, 9.17) is 27.9 Å². The molecule has 0 bridgehead atoms. The number of amides is 1. The molecule has 0 saturated carbocycles. The summed E-state index contributed by atoms with van der Waals surface area (Å²) in [7, 11) is 0. The maximum atomic E-state index is 12.5. The van der Waals surface area contributed by atoms with Crippen LogP contribution in [-0.4, -0.2) is 16.3 Å². The van der Waals surface area contributed by atoms with E-state index in [1.807, 2.05) is 12.1 Å². The van der Waals surface area contributed by atoms with Crippen LogP contribution in [0.15, 0.2) is 65.6 Å². The molecule has 1 amide bonds. The Kier molecular flexibility index (Phi) is 7.85. The molecule has 2 N–H and O–H groups in total. The topological polar surface area (TPSA) is 93.5 Å². The molecule has 1 aliphatic rings. The summed E-state index contributed by atoms with van der Waals surface area (Å²) in [6, 6.07) is 17.4. The number of thioether (sulfide) groups is 1. The quantitative estimate of drug-likeness (QED) is 0.193. The number of nitro benzene ring substituents is 1. The number of nitrogens with zero attached hydrogens (tertiary/aromatic N) is 1. The zero-order valence-corrected chi connectivity index (χ0v) is 20.9. The highest BCUT2D eigenvalue weighted by Gasteiger charge is 2.27. The Labute approximate surface area is 216 Å². The molecule has 0 spiro atoms. The smallest absolute Gasteiger partial charge is 0.269 e. The number of nitrogens with one attached hydrogen (secondary N) is 2. The minimum absolute atomic E-state index is 0.00265. The van der Waals surface area contributed by atoms with Gasteiger partial charge in [0.25, 0.3) is 11.6 Å². The van der Waals surface area contributed by atoms with E-state index in [2.05, 4.69) is 29.7 Å². The molecular weight excluding hydrogens is 509 g/mol. The SMILES string of the molecule is CCc1ccc(N[C@H]2NC(=O)/C(=C/c3cc(Cl)c(OCc4ccc([N+](=O)[O-])cc4)c(Cl)c3)S2)cc1. The number of hydrogen-bond acceptors (Lipinski definition) is 6. The van der Waals surface area contributed by atoms with Crippen molar-refractivity contribution in [1.29, 1.82) is 0 Å². The second-order valence-electron chi connectivity index (χ2n) is 7.70. The number of halogens is 2. The zero-order chi connectivity index (χ0) is 24.9. The molecule has 1 saturated heterocycles. The summed E-state index contributed by atoms with van der Waals surface area (Å²) in [5.41, 5.74) is 3.26. The molecule has 3 aromatic carbocycles. The fraction of sp³-hybridized carbons (Fsp3) is 0.160. The third kappa shape index (κ3) is 6.28. The first kappa shape index (κ1) is 24.9. The molecule has 3 aromatic rings.